The lowest BCUT2D eigenvalue weighted by molar-refractivity contribution is 0.0138. The molecule has 2 heterocycles. The Balaban J connectivity index is 1.75. The van der Waals surface area contributed by atoms with Gasteiger partial charge in [0.15, 0.2) is 5.89 Å². The molecule has 1 fully saturated rings. The second-order valence-electron chi connectivity index (χ2n) is 6.34. The van der Waals surface area contributed by atoms with Crippen LogP contribution >= 0.6 is 0 Å². The van der Waals surface area contributed by atoms with Gasteiger partial charge in [0.05, 0.1) is 12.3 Å². The molecule has 1 atom stereocenters. The molecule has 1 saturated heterocycles. The van der Waals surface area contributed by atoms with Gasteiger partial charge >= 0.3 is 0 Å². The SMILES string of the molecule is CC(C)(C)NCCc1ncc(CC2CCCCO2)o1. The van der Waals surface area contributed by atoms with Crippen molar-refractivity contribution < 1.29 is 9.15 Å². The Bertz CT molecular complexity index is 376. The number of aromatic nitrogens is 1. The quantitative estimate of drug-likeness (QED) is 0.890. The van der Waals surface area contributed by atoms with E-state index in [0.717, 1.165) is 44.1 Å². The van der Waals surface area contributed by atoms with Crippen LogP contribution in [0.1, 0.15) is 51.7 Å². The highest BCUT2D eigenvalue weighted by Gasteiger charge is 2.17. The molecule has 1 aromatic rings. The Morgan fingerprint density at radius 1 is 1.37 bits per heavy atom. The van der Waals surface area contributed by atoms with E-state index in [1.54, 1.807) is 0 Å². The molecule has 2 rings (SSSR count). The maximum absolute atomic E-state index is 5.77. The molecular weight excluding hydrogens is 240 g/mol. The molecule has 0 spiro atoms. The van der Waals surface area contributed by atoms with Crippen LogP contribution in [-0.4, -0.2) is 29.8 Å². The van der Waals surface area contributed by atoms with Crippen molar-refractivity contribution in [3.63, 3.8) is 0 Å². The monoisotopic (exact) mass is 266 g/mol. The molecule has 1 aliphatic rings. The Hall–Kier alpha value is -0.870. The number of rotatable bonds is 5. The fraction of sp³-hybridized carbons (Fsp3) is 0.800. The van der Waals surface area contributed by atoms with Gasteiger partial charge in [0, 0.05) is 31.5 Å². The van der Waals surface area contributed by atoms with Gasteiger partial charge < -0.3 is 14.5 Å². The lowest BCUT2D eigenvalue weighted by atomic mass is 10.1. The van der Waals surface area contributed by atoms with Gasteiger partial charge in [-0.05, 0) is 40.0 Å². The molecule has 0 radical (unpaired) electrons. The lowest BCUT2D eigenvalue weighted by Gasteiger charge is -2.21. The van der Waals surface area contributed by atoms with Crippen LogP contribution in [0.5, 0.6) is 0 Å². The molecule has 4 heteroatoms. The van der Waals surface area contributed by atoms with Crippen LogP contribution in [0.3, 0.4) is 0 Å². The molecule has 1 unspecified atom stereocenters. The van der Waals surface area contributed by atoms with Gasteiger partial charge in [0.25, 0.3) is 0 Å². The van der Waals surface area contributed by atoms with Gasteiger partial charge in [-0.3, -0.25) is 0 Å². The molecule has 1 aromatic heterocycles. The van der Waals surface area contributed by atoms with Crippen LogP contribution in [0.2, 0.25) is 0 Å². The van der Waals surface area contributed by atoms with Crippen LogP contribution < -0.4 is 5.32 Å². The first-order chi connectivity index (χ1) is 9.03. The first kappa shape index (κ1) is 14.5. The van der Waals surface area contributed by atoms with Gasteiger partial charge in [-0.15, -0.1) is 0 Å². The summed E-state index contributed by atoms with van der Waals surface area (Å²) in [6.45, 7) is 8.27. The van der Waals surface area contributed by atoms with E-state index in [2.05, 4.69) is 31.1 Å². The molecule has 0 aliphatic carbocycles. The van der Waals surface area contributed by atoms with Crippen molar-refractivity contribution in [2.45, 2.75) is 64.5 Å². The summed E-state index contributed by atoms with van der Waals surface area (Å²) in [5.74, 6) is 1.78. The average molecular weight is 266 g/mol. The third kappa shape index (κ3) is 5.33. The van der Waals surface area contributed by atoms with E-state index >= 15 is 0 Å². The summed E-state index contributed by atoms with van der Waals surface area (Å²) in [7, 11) is 0. The van der Waals surface area contributed by atoms with E-state index < -0.39 is 0 Å². The Morgan fingerprint density at radius 3 is 2.89 bits per heavy atom. The van der Waals surface area contributed by atoms with Crippen molar-refractivity contribution in [1.29, 1.82) is 0 Å². The summed E-state index contributed by atoms with van der Waals surface area (Å²) in [5.41, 5.74) is 0.144. The van der Waals surface area contributed by atoms with Crippen LogP contribution in [0.25, 0.3) is 0 Å². The van der Waals surface area contributed by atoms with Crippen molar-refractivity contribution in [2.75, 3.05) is 13.2 Å². The van der Waals surface area contributed by atoms with Gasteiger partial charge in [0.2, 0.25) is 0 Å². The fourth-order valence-electron chi connectivity index (χ4n) is 2.30. The predicted molar refractivity (Wildman–Crippen MR) is 75.3 cm³/mol. The maximum atomic E-state index is 5.77. The number of hydrogen-bond donors (Lipinski definition) is 1. The second kappa shape index (κ2) is 6.53. The first-order valence-electron chi connectivity index (χ1n) is 7.33. The van der Waals surface area contributed by atoms with Crippen molar-refractivity contribution in [3.05, 3.63) is 17.8 Å². The second-order valence-corrected chi connectivity index (χ2v) is 6.34. The van der Waals surface area contributed by atoms with Crippen LogP contribution in [0.4, 0.5) is 0 Å². The fourth-order valence-corrected chi connectivity index (χ4v) is 2.30. The minimum Gasteiger partial charge on any atom is -0.446 e. The Labute approximate surface area is 115 Å². The van der Waals surface area contributed by atoms with E-state index in [9.17, 15) is 0 Å². The first-order valence-corrected chi connectivity index (χ1v) is 7.33. The molecule has 0 bridgehead atoms. The highest BCUT2D eigenvalue weighted by atomic mass is 16.5. The standard InChI is InChI=1S/C15H26N2O2/c1-15(2,3)17-8-7-14-16-11-13(19-14)10-12-6-4-5-9-18-12/h11-12,17H,4-10H2,1-3H3. The van der Waals surface area contributed by atoms with Gasteiger partial charge in [-0.1, -0.05) is 0 Å². The Morgan fingerprint density at radius 2 is 2.21 bits per heavy atom. The summed E-state index contributed by atoms with van der Waals surface area (Å²) in [5, 5.41) is 3.44. The molecule has 0 aromatic carbocycles. The summed E-state index contributed by atoms with van der Waals surface area (Å²) < 4.78 is 11.5. The molecule has 1 aliphatic heterocycles. The van der Waals surface area contributed by atoms with E-state index in [1.807, 2.05) is 6.20 Å². The van der Waals surface area contributed by atoms with Gasteiger partial charge in [-0.2, -0.15) is 0 Å². The average Bonchev–Trinajstić information content (AvgIpc) is 2.76. The molecule has 0 amide bonds. The lowest BCUT2D eigenvalue weighted by Crippen LogP contribution is -2.37. The Kier molecular flexibility index (Phi) is 4.99. The number of ether oxygens (including phenoxy) is 1. The van der Waals surface area contributed by atoms with Gasteiger partial charge in [-0.25, -0.2) is 4.98 Å². The molecule has 4 nitrogen and oxygen atoms in total. The third-order valence-corrected chi connectivity index (χ3v) is 3.30. The molecular formula is C15H26N2O2. The molecule has 0 saturated carbocycles. The summed E-state index contributed by atoms with van der Waals surface area (Å²) in [6, 6.07) is 0. The highest BCUT2D eigenvalue weighted by molar-refractivity contribution is 4.97. The highest BCUT2D eigenvalue weighted by Crippen LogP contribution is 2.17. The summed E-state index contributed by atoms with van der Waals surface area (Å²) >= 11 is 0. The van der Waals surface area contributed by atoms with E-state index in [4.69, 9.17) is 9.15 Å². The number of nitrogens with zero attached hydrogens (tertiary/aromatic N) is 1. The van der Waals surface area contributed by atoms with Crippen molar-refractivity contribution in [3.8, 4) is 0 Å². The maximum Gasteiger partial charge on any atom is 0.195 e. The van der Waals surface area contributed by atoms with E-state index in [0.29, 0.717) is 6.10 Å². The van der Waals surface area contributed by atoms with Crippen molar-refractivity contribution in [2.24, 2.45) is 0 Å². The predicted octanol–water partition coefficient (Wildman–Crippen LogP) is 2.72. The zero-order valence-corrected chi connectivity index (χ0v) is 12.4. The zero-order valence-electron chi connectivity index (χ0n) is 12.4. The molecule has 1 N–H and O–H groups in total. The minimum atomic E-state index is 0.144. The molecule has 108 valence electrons. The number of oxazole rings is 1. The minimum absolute atomic E-state index is 0.144. The largest absolute Gasteiger partial charge is 0.446 e. The zero-order chi connectivity index (χ0) is 13.7. The van der Waals surface area contributed by atoms with Crippen molar-refractivity contribution in [1.82, 2.24) is 10.3 Å². The normalized spacial score (nSPS) is 20.7. The van der Waals surface area contributed by atoms with Crippen LogP contribution in [0.15, 0.2) is 10.6 Å². The number of nitrogens with one attached hydrogen (secondary N) is 1. The van der Waals surface area contributed by atoms with Crippen LogP contribution in [0, 0.1) is 0 Å². The summed E-state index contributed by atoms with van der Waals surface area (Å²) in [6.07, 6.45) is 7.47. The summed E-state index contributed by atoms with van der Waals surface area (Å²) in [4.78, 5) is 4.34. The number of hydrogen-bond acceptors (Lipinski definition) is 4. The van der Waals surface area contributed by atoms with Crippen molar-refractivity contribution >= 4 is 0 Å². The molecule has 19 heavy (non-hydrogen) atoms. The van der Waals surface area contributed by atoms with E-state index in [-0.39, 0.29) is 5.54 Å². The van der Waals surface area contributed by atoms with E-state index in [1.165, 1.54) is 12.8 Å². The third-order valence-electron chi connectivity index (χ3n) is 3.30. The van der Waals surface area contributed by atoms with Gasteiger partial charge in [0.1, 0.15) is 5.76 Å². The van der Waals surface area contributed by atoms with Crippen LogP contribution in [-0.2, 0) is 17.6 Å². The topological polar surface area (TPSA) is 47.3 Å². The smallest absolute Gasteiger partial charge is 0.195 e.